The zero-order valence-corrected chi connectivity index (χ0v) is 17.8. The van der Waals surface area contributed by atoms with Crippen LogP contribution in [-0.2, 0) is 17.0 Å². The van der Waals surface area contributed by atoms with Gasteiger partial charge in [-0.25, -0.2) is 4.79 Å². The van der Waals surface area contributed by atoms with Crippen LogP contribution in [0.1, 0.15) is 52.3 Å². The summed E-state index contributed by atoms with van der Waals surface area (Å²) >= 11 is 1.61. The van der Waals surface area contributed by atoms with Crippen LogP contribution < -0.4 is 5.73 Å². The van der Waals surface area contributed by atoms with Crippen LogP contribution in [0.25, 0.3) is 0 Å². The summed E-state index contributed by atoms with van der Waals surface area (Å²) in [6.07, 6.45) is 0.797. The number of methoxy groups -OCH3 is 1. The third-order valence-corrected chi connectivity index (χ3v) is 5.76. The van der Waals surface area contributed by atoms with Crippen molar-refractivity contribution in [2.75, 3.05) is 7.11 Å². The van der Waals surface area contributed by atoms with Crippen LogP contribution in [0.4, 0.5) is 0 Å². The van der Waals surface area contributed by atoms with Gasteiger partial charge in [0.2, 0.25) is 0 Å². The van der Waals surface area contributed by atoms with Crippen LogP contribution in [0.3, 0.4) is 0 Å². The van der Waals surface area contributed by atoms with Crippen molar-refractivity contribution in [3.8, 4) is 0 Å². The smallest absolute Gasteiger partial charge is 0.337 e. The summed E-state index contributed by atoms with van der Waals surface area (Å²) in [4.78, 5) is 11.6. The van der Waals surface area contributed by atoms with Gasteiger partial charge in [0.1, 0.15) is 0 Å². The second kappa shape index (κ2) is 9.71. The van der Waals surface area contributed by atoms with Crippen molar-refractivity contribution in [1.29, 1.82) is 0 Å². The molecular formula is C22H26N4O2S. The molecule has 2 aromatic carbocycles. The summed E-state index contributed by atoms with van der Waals surface area (Å²) in [5.41, 5.74) is 10.3. The van der Waals surface area contributed by atoms with Gasteiger partial charge >= 0.3 is 5.97 Å². The first-order valence-electron chi connectivity index (χ1n) is 9.56. The summed E-state index contributed by atoms with van der Waals surface area (Å²) in [5, 5.41) is 9.60. The molecule has 0 aliphatic rings. The van der Waals surface area contributed by atoms with Crippen molar-refractivity contribution in [3.63, 3.8) is 0 Å². The van der Waals surface area contributed by atoms with E-state index in [9.17, 15) is 4.79 Å². The molecule has 2 N–H and O–H groups in total. The molecule has 0 radical (unpaired) electrons. The molecule has 1 atom stereocenters. The number of carbonyl (C=O) groups excluding carboxylic acids is 1. The average molecular weight is 411 g/mol. The van der Waals surface area contributed by atoms with Gasteiger partial charge in [-0.3, -0.25) is 0 Å². The SMILES string of the molecule is CCC(N)c1nnc(SCc2ccc(C(=O)OC)cc2)n1Cc1ccc(C)cc1. The van der Waals surface area contributed by atoms with Gasteiger partial charge in [-0.05, 0) is 36.6 Å². The van der Waals surface area contributed by atoms with E-state index >= 15 is 0 Å². The highest BCUT2D eigenvalue weighted by Crippen LogP contribution is 2.25. The van der Waals surface area contributed by atoms with Gasteiger partial charge in [-0.2, -0.15) is 0 Å². The Hall–Kier alpha value is -2.64. The lowest BCUT2D eigenvalue weighted by Crippen LogP contribution is -2.17. The van der Waals surface area contributed by atoms with Crippen LogP contribution in [0.15, 0.2) is 53.7 Å². The minimum Gasteiger partial charge on any atom is -0.465 e. The molecule has 1 heterocycles. The number of nitrogens with zero attached hydrogens (tertiary/aromatic N) is 3. The normalized spacial score (nSPS) is 12.0. The number of hydrogen-bond acceptors (Lipinski definition) is 6. The minimum atomic E-state index is -0.333. The molecule has 0 amide bonds. The fourth-order valence-electron chi connectivity index (χ4n) is 2.89. The number of hydrogen-bond donors (Lipinski definition) is 1. The standard InChI is InChI=1S/C22H26N4O2S/c1-4-19(23)20-24-25-22(26(20)13-16-7-5-15(2)6-8-16)29-14-17-9-11-18(12-10-17)21(27)28-3/h5-12,19H,4,13-14,23H2,1-3H3. The quantitative estimate of drug-likeness (QED) is 0.444. The maximum Gasteiger partial charge on any atom is 0.337 e. The largest absolute Gasteiger partial charge is 0.465 e. The van der Waals surface area contributed by atoms with E-state index in [1.54, 1.807) is 23.9 Å². The Bertz CT molecular complexity index is 952. The maximum absolute atomic E-state index is 11.6. The molecule has 152 valence electrons. The van der Waals surface area contributed by atoms with E-state index in [1.807, 2.05) is 19.1 Å². The van der Waals surface area contributed by atoms with E-state index in [1.165, 1.54) is 18.2 Å². The third kappa shape index (κ3) is 5.25. The molecule has 0 aliphatic heterocycles. The van der Waals surface area contributed by atoms with Crippen molar-refractivity contribution >= 4 is 17.7 Å². The molecule has 0 bridgehead atoms. The first-order valence-corrected chi connectivity index (χ1v) is 10.5. The molecule has 0 saturated carbocycles. The van der Waals surface area contributed by atoms with Crippen LogP contribution >= 0.6 is 11.8 Å². The molecule has 29 heavy (non-hydrogen) atoms. The first kappa shape index (κ1) is 21.1. The van der Waals surface area contributed by atoms with E-state index in [4.69, 9.17) is 10.5 Å². The summed E-state index contributed by atoms with van der Waals surface area (Å²) in [6, 6.07) is 15.7. The number of benzene rings is 2. The van der Waals surface area contributed by atoms with E-state index in [2.05, 4.69) is 46.0 Å². The van der Waals surface area contributed by atoms with Gasteiger partial charge in [0, 0.05) is 5.75 Å². The highest BCUT2D eigenvalue weighted by molar-refractivity contribution is 7.98. The van der Waals surface area contributed by atoms with E-state index < -0.39 is 0 Å². The summed E-state index contributed by atoms with van der Waals surface area (Å²) in [5.74, 6) is 1.19. The van der Waals surface area contributed by atoms with Gasteiger partial charge < -0.3 is 15.0 Å². The van der Waals surface area contributed by atoms with Crippen LogP contribution in [0.2, 0.25) is 0 Å². The molecule has 0 spiro atoms. The number of esters is 1. The Kier molecular flexibility index (Phi) is 7.06. The average Bonchev–Trinajstić information content (AvgIpc) is 3.15. The fourth-order valence-corrected chi connectivity index (χ4v) is 3.79. The molecule has 0 fully saturated rings. The Morgan fingerprint density at radius 1 is 1.10 bits per heavy atom. The molecular weight excluding hydrogens is 384 g/mol. The molecule has 1 unspecified atom stereocenters. The molecule has 0 saturated heterocycles. The summed E-state index contributed by atoms with van der Waals surface area (Å²) in [7, 11) is 1.38. The van der Waals surface area contributed by atoms with Crippen LogP contribution in [0, 0.1) is 6.92 Å². The lowest BCUT2D eigenvalue weighted by Gasteiger charge is -2.14. The lowest BCUT2D eigenvalue weighted by molar-refractivity contribution is 0.0600. The highest BCUT2D eigenvalue weighted by Gasteiger charge is 2.18. The monoisotopic (exact) mass is 410 g/mol. The Balaban J connectivity index is 1.78. The molecule has 3 rings (SSSR count). The Morgan fingerprint density at radius 3 is 2.38 bits per heavy atom. The van der Waals surface area contributed by atoms with Crippen molar-refractivity contribution in [1.82, 2.24) is 14.8 Å². The number of rotatable bonds is 8. The van der Waals surface area contributed by atoms with Crippen molar-refractivity contribution in [2.45, 2.75) is 43.8 Å². The first-order chi connectivity index (χ1) is 14.0. The summed E-state index contributed by atoms with van der Waals surface area (Å²) in [6.45, 7) is 4.80. The highest BCUT2D eigenvalue weighted by atomic mass is 32.2. The molecule has 0 aliphatic carbocycles. The molecule has 6 nitrogen and oxygen atoms in total. The number of carbonyl (C=O) groups is 1. The molecule has 1 aromatic heterocycles. The zero-order valence-electron chi connectivity index (χ0n) is 17.0. The number of ether oxygens (including phenoxy) is 1. The summed E-state index contributed by atoms with van der Waals surface area (Å²) < 4.78 is 6.85. The topological polar surface area (TPSA) is 83.0 Å². The second-order valence-corrected chi connectivity index (χ2v) is 7.85. The van der Waals surface area contributed by atoms with Crippen LogP contribution in [-0.4, -0.2) is 27.8 Å². The molecule has 7 heteroatoms. The van der Waals surface area contributed by atoms with Crippen LogP contribution in [0.5, 0.6) is 0 Å². The maximum atomic E-state index is 11.6. The van der Waals surface area contributed by atoms with Crippen molar-refractivity contribution in [3.05, 3.63) is 76.6 Å². The van der Waals surface area contributed by atoms with E-state index in [0.29, 0.717) is 12.1 Å². The number of thioether (sulfide) groups is 1. The zero-order chi connectivity index (χ0) is 20.8. The minimum absolute atomic E-state index is 0.151. The van der Waals surface area contributed by atoms with Crippen molar-refractivity contribution < 1.29 is 9.53 Å². The van der Waals surface area contributed by atoms with Gasteiger partial charge in [0.25, 0.3) is 0 Å². The van der Waals surface area contributed by atoms with E-state index in [0.717, 1.165) is 28.7 Å². The number of aromatic nitrogens is 3. The lowest BCUT2D eigenvalue weighted by atomic mass is 10.1. The Labute approximate surface area is 175 Å². The van der Waals surface area contributed by atoms with Gasteiger partial charge in [0.15, 0.2) is 11.0 Å². The third-order valence-electron chi connectivity index (χ3n) is 4.72. The predicted molar refractivity (Wildman–Crippen MR) is 115 cm³/mol. The van der Waals surface area contributed by atoms with Crippen molar-refractivity contribution in [2.24, 2.45) is 5.73 Å². The predicted octanol–water partition coefficient (Wildman–Crippen LogP) is 4.12. The fraction of sp³-hybridized carbons (Fsp3) is 0.318. The van der Waals surface area contributed by atoms with Gasteiger partial charge in [0.05, 0.1) is 25.3 Å². The second-order valence-electron chi connectivity index (χ2n) is 6.90. The van der Waals surface area contributed by atoms with Gasteiger partial charge in [-0.15, -0.1) is 10.2 Å². The van der Waals surface area contributed by atoms with Gasteiger partial charge in [-0.1, -0.05) is 60.6 Å². The number of nitrogens with two attached hydrogens (primary N) is 1. The Morgan fingerprint density at radius 2 is 1.76 bits per heavy atom. The van der Waals surface area contributed by atoms with E-state index in [-0.39, 0.29) is 12.0 Å². The molecule has 3 aromatic rings. The number of aryl methyl sites for hydroxylation is 1.